The van der Waals surface area contributed by atoms with Gasteiger partial charge >= 0.3 is 0 Å². The lowest BCUT2D eigenvalue weighted by molar-refractivity contribution is -0.146. The van der Waals surface area contributed by atoms with E-state index in [4.69, 9.17) is 15.3 Å². The van der Waals surface area contributed by atoms with E-state index in [1.54, 1.807) is 5.38 Å². The number of carbonyl (C=O) groups excluding carboxylic acids is 3. The number of thiazole rings is 1. The number of thioether (sulfide) groups is 1. The number of oxime groups is 1. The van der Waals surface area contributed by atoms with Gasteiger partial charge in [0.1, 0.15) is 24.2 Å². The number of aromatic nitrogens is 1. The maximum atomic E-state index is 12.9. The summed E-state index contributed by atoms with van der Waals surface area (Å²) in [6, 6.07) is -0.797. The largest absolute Gasteiger partial charge is 0.398 e. The topological polar surface area (TPSA) is 136 Å². The van der Waals surface area contributed by atoms with E-state index in [0.717, 1.165) is 23.3 Å². The minimum atomic E-state index is -0.797. The van der Waals surface area contributed by atoms with E-state index in [2.05, 4.69) is 28.1 Å². The molecule has 4 heterocycles. The lowest BCUT2D eigenvalue weighted by Crippen LogP contribution is -2.70. The van der Waals surface area contributed by atoms with Crippen LogP contribution in [0.4, 0.5) is 5.13 Å². The van der Waals surface area contributed by atoms with Crippen molar-refractivity contribution in [2.24, 2.45) is 11.1 Å². The molecular weight excluding hydrogens is 462 g/mol. The van der Waals surface area contributed by atoms with Crippen LogP contribution in [-0.2, 0) is 24.0 Å². The number of rotatable bonds is 7. The van der Waals surface area contributed by atoms with Gasteiger partial charge < -0.3 is 20.6 Å². The Morgan fingerprint density at radius 2 is 2.32 bits per heavy atom. The fourth-order valence-corrected chi connectivity index (χ4v) is 6.01. The Morgan fingerprint density at radius 1 is 1.52 bits per heavy atom. The zero-order valence-corrected chi connectivity index (χ0v) is 19.1. The van der Waals surface area contributed by atoms with Crippen molar-refractivity contribution in [1.82, 2.24) is 15.2 Å². The zero-order chi connectivity index (χ0) is 22.1. The molecule has 3 N–H and O–H groups in total. The van der Waals surface area contributed by atoms with Crippen molar-refractivity contribution in [2.45, 2.75) is 24.3 Å². The third kappa shape index (κ3) is 4.31. The highest BCUT2D eigenvalue weighted by molar-refractivity contribution is 8.00. The first kappa shape index (κ1) is 22.1. The predicted molar refractivity (Wildman–Crippen MR) is 120 cm³/mol. The van der Waals surface area contributed by atoms with Crippen molar-refractivity contribution in [2.75, 3.05) is 31.8 Å². The van der Waals surface area contributed by atoms with E-state index in [-0.39, 0.29) is 22.4 Å². The number of amides is 2. The van der Waals surface area contributed by atoms with E-state index in [9.17, 15) is 14.4 Å². The van der Waals surface area contributed by atoms with Gasteiger partial charge in [-0.25, -0.2) is 4.98 Å². The molecule has 0 spiro atoms. The van der Waals surface area contributed by atoms with Crippen LogP contribution in [0.25, 0.3) is 0 Å². The molecule has 166 valence electrons. The number of β-lactam (4-membered cyclic amide) rings is 1. The van der Waals surface area contributed by atoms with E-state index in [1.807, 2.05) is 0 Å². The standard InChI is InChI=1S/C18H21N5O5S3/c1-27-22-11(10-7-31-18(19)20-10)14(24)21-12-15(25)23-13(17(26)29)9(6-30-16(12)23)4-8-2-3-28-5-8/h7-8,12,16H,2-6H2,1H3,(H2,19,20)(H,21,24)(H,26,29)/b22-11-/t8?,12?,16-/m1/s1. The lowest BCUT2D eigenvalue weighted by Gasteiger charge is -2.50. The molecule has 3 atom stereocenters. The summed E-state index contributed by atoms with van der Waals surface area (Å²) in [5.41, 5.74) is 7.04. The molecule has 0 radical (unpaired) electrons. The number of anilines is 1. The van der Waals surface area contributed by atoms with Crippen LogP contribution < -0.4 is 11.1 Å². The Morgan fingerprint density at radius 3 is 2.94 bits per heavy atom. The minimum Gasteiger partial charge on any atom is -0.398 e. The summed E-state index contributed by atoms with van der Waals surface area (Å²) < 4.78 is 5.42. The molecule has 13 heteroatoms. The number of hydrogen-bond acceptors (Lipinski definition) is 10. The van der Waals surface area contributed by atoms with Gasteiger partial charge in [0.25, 0.3) is 11.8 Å². The van der Waals surface area contributed by atoms with Crippen molar-refractivity contribution in [1.29, 1.82) is 0 Å². The van der Waals surface area contributed by atoms with Crippen molar-refractivity contribution in [3.63, 3.8) is 0 Å². The highest BCUT2D eigenvalue weighted by Gasteiger charge is 2.54. The summed E-state index contributed by atoms with van der Waals surface area (Å²) in [6.45, 7) is 1.37. The average molecular weight is 484 g/mol. The summed E-state index contributed by atoms with van der Waals surface area (Å²) >= 11 is 6.67. The third-order valence-electron chi connectivity index (χ3n) is 5.26. The normalized spacial score (nSPS) is 25.9. The number of nitrogen functional groups attached to an aromatic ring is 1. The molecule has 0 aliphatic carbocycles. The molecule has 0 bridgehead atoms. The van der Waals surface area contributed by atoms with Crippen LogP contribution in [-0.4, -0.2) is 70.0 Å². The van der Waals surface area contributed by atoms with Crippen molar-refractivity contribution < 1.29 is 24.0 Å². The zero-order valence-electron chi connectivity index (χ0n) is 16.6. The predicted octanol–water partition coefficient (Wildman–Crippen LogP) is 0.613. The van der Waals surface area contributed by atoms with E-state index in [0.29, 0.717) is 37.0 Å². The number of nitrogens with one attached hydrogen (secondary N) is 1. The lowest BCUT2D eigenvalue weighted by atomic mass is 9.95. The van der Waals surface area contributed by atoms with Crippen molar-refractivity contribution >= 4 is 63.5 Å². The van der Waals surface area contributed by atoms with Crippen LogP contribution in [0.2, 0.25) is 0 Å². The van der Waals surface area contributed by atoms with Gasteiger partial charge in [-0.15, -0.1) is 23.1 Å². The fourth-order valence-electron chi connectivity index (χ4n) is 3.83. The third-order valence-corrected chi connectivity index (χ3v) is 7.48. The second-order valence-electron chi connectivity index (χ2n) is 7.25. The van der Waals surface area contributed by atoms with E-state index >= 15 is 0 Å². The molecule has 2 unspecified atom stereocenters. The molecule has 4 rings (SSSR count). The molecule has 2 fully saturated rings. The van der Waals surface area contributed by atoms with Crippen LogP contribution >= 0.6 is 35.7 Å². The first-order valence-electron chi connectivity index (χ1n) is 9.51. The van der Waals surface area contributed by atoms with Gasteiger partial charge in [-0.05, 0) is 24.3 Å². The minimum absolute atomic E-state index is 0.0783. The maximum absolute atomic E-state index is 12.9. The molecule has 1 aromatic heterocycles. The Kier molecular flexibility index (Phi) is 6.55. The highest BCUT2D eigenvalue weighted by atomic mass is 32.2. The first-order chi connectivity index (χ1) is 14.9. The van der Waals surface area contributed by atoms with Gasteiger partial charge in [-0.2, -0.15) is 0 Å². The monoisotopic (exact) mass is 483 g/mol. The quantitative estimate of drug-likeness (QED) is 0.222. The SMILES string of the molecule is CO/N=C(\C(=O)NC1C(=O)N2C(C(=O)S)=C(CC3CCOC3)CS[C@H]12)c1csc(N)n1. The number of thiol groups is 1. The number of fused-ring (bicyclic) bond motifs is 1. The number of hydrogen-bond donors (Lipinski definition) is 3. The van der Waals surface area contributed by atoms with Gasteiger partial charge in [0.15, 0.2) is 10.8 Å². The van der Waals surface area contributed by atoms with Gasteiger partial charge in [-0.1, -0.05) is 17.8 Å². The number of carbonyl (C=O) groups is 3. The molecule has 10 nitrogen and oxygen atoms in total. The van der Waals surface area contributed by atoms with Gasteiger partial charge in [-0.3, -0.25) is 19.3 Å². The smallest absolute Gasteiger partial charge is 0.276 e. The molecule has 0 saturated carbocycles. The van der Waals surface area contributed by atoms with Gasteiger partial charge in [0.05, 0.1) is 5.70 Å². The van der Waals surface area contributed by atoms with Crippen LogP contribution in [0.1, 0.15) is 18.5 Å². The summed E-state index contributed by atoms with van der Waals surface area (Å²) in [4.78, 5) is 48.2. The van der Waals surface area contributed by atoms with Crippen molar-refractivity contribution in [3.05, 3.63) is 22.3 Å². The highest BCUT2D eigenvalue weighted by Crippen LogP contribution is 2.43. The summed E-state index contributed by atoms with van der Waals surface area (Å²) in [6.07, 6.45) is 1.62. The first-order valence-corrected chi connectivity index (χ1v) is 11.9. The van der Waals surface area contributed by atoms with E-state index < -0.39 is 22.4 Å². The molecular formula is C18H21N5O5S3. The van der Waals surface area contributed by atoms with Crippen LogP contribution in [0, 0.1) is 5.92 Å². The second kappa shape index (κ2) is 9.18. The summed E-state index contributed by atoms with van der Waals surface area (Å²) in [7, 11) is 1.31. The number of nitrogens with zero attached hydrogens (tertiary/aromatic N) is 3. The van der Waals surface area contributed by atoms with Crippen LogP contribution in [0.3, 0.4) is 0 Å². The van der Waals surface area contributed by atoms with Crippen molar-refractivity contribution in [3.8, 4) is 0 Å². The Balaban J connectivity index is 1.50. The van der Waals surface area contributed by atoms with Gasteiger partial charge in [0, 0.05) is 24.3 Å². The molecule has 3 aliphatic heterocycles. The number of nitrogens with two attached hydrogens (primary N) is 1. The molecule has 2 saturated heterocycles. The summed E-state index contributed by atoms with van der Waals surface area (Å²) in [5.74, 6) is -0.0548. The molecule has 1 aromatic rings. The van der Waals surface area contributed by atoms with Gasteiger partial charge in [0.2, 0.25) is 5.12 Å². The second-order valence-corrected chi connectivity index (χ2v) is 9.65. The van der Waals surface area contributed by atoms with E-state index in [1.165, 1.54) is 23.8 Å². The molecule has 31 heavy (non-hydrogen) atoms. The van der Waals surface area contributed by atoms with Crippen LogP contribution in [0.5, 0.6) is 0 Å². The summed E-state index contributed by atoms with van der Waals surface area (Å²) in [5, 5.41) is 7.44. The van der Waals surface area contributed by atoms with Crippen LogP contribution in [0.15, 0.2) is 21.8 Å². The Hall–Kier alpha value is -2.09. The number of ether oxygens (including phenoxy) is 1. The Bertz CT molecular complexity index is 972. The fraction of sp³-hybridized carbons (Fsp3) is 0.500. The molecule has 3 aliphatic rings. The maximum Gasteiger partial charge on any atom is 0.276 e. The molecule has 0 aromatic carbocycles. The average Bonchev–Trinajstić information content (AvgIpc) is 3.41. The Labute approximate surface area is 192 Å². The molecule has 2 amide bonds.